The lowest BCUT2D eigenvalue weighted by atomic mass is 10.1. The average Bonchev–Trinajstić information content (AvgIpc) is 2.05. The summed E-state index contributed by atoms with van der Waals surface area (Å²) in [4.78, 5) is 0. The van der Waals surface area contributed by atoms with Crippen LogP contribution in [0.4, 0.5) is 0 Å². The summed E-state index contributed by atoms with van der Waals surface area (Å²) < 4.78 is 0. The van der Waals surface area contributed by atoms with E-state index in [1.54, 1.807) is 0 Å². The van der Waals surface area contributed by atoms with Gasteiger partial charge in [0.1, 0.15) is 0 Å². The molecule has 0 aromatic carbocycles. The first kappa shape index (κ1) is 9.31. The summed E-state index contributed by atoms with van der Waals surface area (Å²) in [6, 6.07) is 0. The maximum Gasteiger partial charge on any atom is -0.0348 e. The first-order chi connectivity index (χ1) is 6.00. The molecule has 0 saturated heterocycles. The average molecular weight is 162 g/mol. The van der Waals surface area contributed by atoms with Gasteiger partial charge < -0.3 is 0 Å². The monoisotopic (exact) mass is 162 g/mol. The Balaban J connectivity index is 2.32. The Labute approximate surface area is 75.7 Å². The maximum atomic E-state index is 2.26. The topological polar surface area (TPSA) is 0 Å². The highest BCUT2D eigenvalue weighted by Gasteiger charge is 1.87. The molecule has 0 heterocycles. The summed E-state index contributed by atoms with van der Waals surface area (Å²) in [5.41, 5.74) is 0. The summed E-state index contributed by atoms with van der Waals surface area (Å²) in [5, 5.41) is 0. The molecule has 0 aromatic rings. The van der Waals surface area contributed by atoms with E-state index in [2.05, 4.69) is 36.5 Å². The van der Waals surface area contributed by atoms with Gasteiger partial charge in [0.25, 0.3) is 0 Å². The highest BCUT2D eigenvalue weighted by Crippen LogP contribution is 2.07. The SMILES string of the molecule is C1=CCCCCCC/C=C\C=C/1. The van der Waals surface area contributed by atoms with Crippen molar-refractivity contribution in [2.45, 2.75) is 38.5 Å². The van der Waals surface area contributed by atoms with E-state index < -0.39 is 0 Å². The van der Waals surface area contributed by atoms with Crippen LogP contribution in [0.2, 0.25) is 0 Å². The van der Waals surface area contributed by atoms with Crippen molar-refractivity contribution in [2.24, 2.45) is 0 Å². The van der Waals surface area contributed by atoms with Crippen LogP contribution in [0.5, 0.6) is 0 Å². The van der Waals surface area contributed by atoms with Crippen molar-refractivity contribution in [3.8, 4) is 0 Å². The third kappa shape index (κ3) is 4.95. The first-order valence-corrected chi connectivity index (χ1v) is 4.98. The molecule has 0 heteroatoms. The molecular formula is C12H18. The lowest BCUT2D eigenvalue weighted by molar-refractivity contribution is 0.652. The summed E-state index contributed by atoms with van der Waals surface area (Å²) >= 11 is 0. The van der Waals surface area contributed by atoms with E-state index >= 15 is 0 Å². The quantitative estimate of drug-likeness (QED) is 0.505. The van der Waals surface area contributed by atoms with Crippen LogP contribution in [0.15, 0.2) is 36.5 Å². The zero-order valence-electron chi connectivity index (χ0n) is 7.71. The van der Waals surface area contributed by atoms with Crippen molar-refractivity contribution in [3.05, 3.63) is 36.5 Å². The molecule has 0 aromatic heterocycles. The van der Waals surface area contributed by atoms with Crippen LogP contribution in [-0.2, 0) is 0 Å². The van der Waals surface area contributed by atoms with Crippen molar-refractivity contribution in [1.82, 2.24) is 0 Å². The van der Waals surface area contributed by atoms with Gasteiger partial charge in [0.2, 0.25) is 0 Å². The van der Waals surface area contributed by atoms with Gasteiger partial charge in [-0.1, -0.05) is 49.3 Å². The van der Waals surface area contributed by atoms with E-state index in [0.29, 0.717) is 0 Å². The van der Waals surface area contributed by atoms with Gasteiger partial charge in [0.15, 0.2) is 0 Å². The second-order valence-corrected chi connectivity index (χ2v) is 3.23. The van der Waals surface area contributed by atoms with Gasteiger partial charge in [0.05, 0.1) is 0 Å². The summed E-state index contributed by atoms with van der Waals surface area (Å²) in [6.07, 6.45) is 21.0. The van der Waals surface area contributed by atoms with Gasteiger partial charge in [-0.15, -0.1) is 0 Å². The molecule has 66 valence electrons. The Bertz CT molecular complexity index is 152. The van der Waals surface area contributed by atoms with Crippen molar-refractivity contribution in [2.75, 3.05) is 0 Å². The van der Waals surface area contributed by atoms with E-state index in [9.17, 15) is 0 Å². The second kappa shape index (κ2) is 6.90. The minimum Gasteiger partial charge on any atom is -0.0845 e. The fraction of sp³-hybridized carbons (Fsp3) is 0.500. The van der Waals surface area contributed by atoms with Gasteiger partial charge in [-0.3, -0.25) is 0 Å². The molecule has 0 saturated carbocycles. The van der Waals surface area contributed by atoms with Crippen molar-refractivity contribution < 1.29 is 0 Å². The molecule has 0 amide bonds. The predicted octanol–water partition coefficient (Wildman–Crippen LogP) is 4.01. The van der Waals surface area contributed by atoms with E-state index in [1.807, 2.05) is 0 Å². The molecule has 1 aliphatic carbocycles. The van der Waals surface area contributed by atoms with Crippen molar-refractivity contribution >= 4 is 0 Å². The Morgan fingerprint density at radius 1 is 0.500 bits per heavy atom. The number of allylic oxidation sites excluding steroid dienone is 6. The number of hydrogen-bond donors (Lipinski definition) is 0. The van der Waals surface area contributed by atoms with Crippen LogP contribution < -0.4 is 0 Å². The van der Waals surface area contributed by atoms with Crippen LogP contribution in [-0.4, -0.2) is 0 Å². The van der Waals surface area contributed by atoms with Crippen LogP contribution >= 0.6 is 0 Å². The molecule has 0 radical (unpaired) electrons. The molecular weight excluding hydrogens is 144 g/mol. The Morgan fingerprint density at radius 2 is 1.00 bits per heavy atom. The van der Waals surface area contributed by atoms with Gasteiger partial charge in [-0.25, -0.2) is 0 Å². The number of hydrogen-bond acceptors (Lipinski definition) is 0. The summed E-state index contributed by atoms with van der Waals surface area (Å²) in [5.74, 6) is 0. The lowest BCUT2D eigenvalue weighted by Gasteiger charge is -1.96. The van der Waals surface area contributed by atoms with Crippen molar-refractivity contribution in [1.29, 1.82) is 0 Å². The Kier molecular flexibility index (Phi) is 5.35. The molecule has 0 nitrogen and oxygen atoms in total. The third-order valence-electron chi connectivity index (χ3n) is 2.10. The van der Waals surface area contributed by atoms with E-state index in [1.165, 1.54) is 38.5 Å². The molecule has 0 spiro atoms. The van der Waals surface area contributed by atoms with Gasteiger partial charge in [-0.05, 0) is 25.7 Å². The summed E-state index contributed by atoms with van der Waals surface area (Å²) in [7, 11) is 0. The molecule has 1 aliphatic rings. The van der Waals surface area contributed by atoms with Gasteiger partial charge >= 0.3 is 0 Å². The van der Waals surface area contributed by atoms with Crippen molar-refractivity contribution in [3.63, 3.8) is 0 Å². The highest BCUT2D eigenvalue weighted by molar-refractivity contribution is 5.11. The van der Waals surface area contributed by atoms with E-state index in [4.69, 9.17) is 0 Å². The molecule has 1 rings (SSSR count). The zero-order valence-corrected chi connectivity index (χ0v) is 7.71. The Hall–Kier alpha value is -0.780. The minimum absolute atomic E-state index is 1.24. The van der Waals surface area contributed by atoms with Crippen LogP contribution in [0.3, 0.4) is 0 Å². The fourth-order valence-corrected chi connectivity index (χ4v) is 1.36. The van der Waals surface area contributed by atoms with E-state index in [0.717, 1.165) is 0 Å². The molecule has 12 heavy (non-hydrogen) atoms. The third-order valence-corrected chi connectivity index (χ3v) is 2.10. The van der Waals surface area contributed by atoms with Gasteiger partial charge in [-0.2, -0.15) is 0 Å². The largest absolute Gasteiger partial charge is 0.0845 e. The fourth-order valence-electron chi connectivity index (χ4n) is 1.36. The zero-order chi connectivity index (χ0) is 8.49. The maximum absolute atomic E-state index is 2.26. The molecule has 0 atom stereocenters. The molecule has 0 bridgehead atoms. The van der Waals surface area contributed by atoms with Crippen LogP contribution in [0.1, 0.15) is 38.5 Å². The smallest absolute Gasteiger partial charge is 0.0348 e. The molecule has 0 aliphatic heterocycles. The normalized spacial score (nSPS) is 25.3. The number of rotatable bonds is 0. The molecule has 0 fully saturated rings. The van der Waals surface area contributed by atoms with E-state index in [-0.39, 0.29) is 0 Å². The molecule has 0 unspecified atom stereocenters. The summed E-state index contributed by atoms with van der Waals surface area (Å²) in [6.45, 7) is 0. The Morgan fingerprint density at radius 3 is 1.50 bits per heavy atom. The first-order valence-electron chi connectivity index (χ1n) is 4.98. The van der Waals surface area contributed by atoms with Crippen LogP contribution in [0, 0.1) is 0 Å². The standard InChI is InChI=1S/C12H18/c1-2-4-6-8-10-12-11-9-7-5-3-1/h1-6H,7-12H2/b2-1-,5-3-,6-4?. The lowest BCUT2D eigenvalue weighted by Crippen LogP contribution is -1.77. The highest BCUT2D eigenvalue weighted by atomic mass is 13.9. The predicted molar refractivity (Wildman–Crippen MR) is 55.1 cm³/mol. The van der Waals surface area contributed by atoms with Gasteiger partial charge in [0, 0.05) is 0 Å². The minimum atomic E-state index is 1.24. The molecule has 0 N–H and O–H groups in total. The van der Waals surface area contributed by atoms with Crippen LogP contribution in [0.25, 0.3) is 0 Å². The second-order valence-electron chi connectivity index (χ2n) is 3.23.